The molecule has 6 heteroatoms. The summed E-state index contributed by atoms with van der Waals surface area (Å²) >= 11 is 0. The lowest BCUT2D eigenvalue weighted by Gasteiger charge is -2.60. The van der Waals surface area contributed by atoms with Crippen LogP contribution in [0.15, 0.2) is 0 Å². The van der Waals surface area contributed by atoms with E-state index in [1.165, 1.54) is 32.1 Å². The molecule has 0 bridgehead atoms. The number of hydrogen-bond donors (Lipinski definition) is 1. The molecule has 2 aliphatic carbocycles. The number of amides is 1. The fourth-order valence-electron chi connectivity index (χ4n) is 5.01. The highest BCUT2D eigenvalue weighted by Crippen LogP contribution is 2.55. The molecule has 1 spiro atoms. The van der Waals surface area contributed by atoms with Crippen molar-refractivity contribution in [1.29, 1.82) is 0 Å². The van der Waals surface area contributed by atoms with E-state index < -0.39 is 0 Å². The number of carbonyl (C=O) groups is 1. The Kier molecular flexibility index (Phi) is 6.94. The predicted molar refractivity (Wildman–Crippen MR) is 96.3 cm³/mol. The number of nitrogens with two attached hydrogens (primary N) is 1. The maximum absolute atomic E-state index is 12.9. The zero-order valence-electron chi connectivity index (χ0n) is 15.0. The smallest absolute Gasteiger partial charge is 0.251 e. The van der Waals surface area contributed by atoms with Gasteiger partial charge in [-0.25, -0.2) is 0 Å². The normalized spacial score (nSPS) is 34.5. The summed E-state index contributed by atoms with van der Waals surface area (Å²) in [5.74, 6) is 0.144. The first-order valence-corrected chi connectivity index (χ1v) is 9.36. The van der Waals surface area contributed by atoms with Crippen LogP contribution in [0.4, 0.5) is 0 Å². The summed E-state index contributed by atoms with van der Waals surface area (Å²) < 4.78 is 11.8. The van der Waals surface area contributed by atoms with Crippen molar-refractivity contribution in [2.24, 2.45) is 11.1 Å². The first kappa shape index (κ1) is 20.0. The van der Waals surface area contributed by atoms with Gasteiger partial charge in [0, 0.05) is 31.7 Å². The van der Waals surface area contributed by atoms with Gasteiger partial charge in [-0.05, 0) is 39.0 Å². The Labute approximate surface area is 152 Å². The van der Waals surface area contributed by atoms with E-state index in [0.29, 0.717) is 18.7 Å². The highest BCUT2D eigenvalue weighted by molar-refractivity contribution is 5.85. The third-order valence-electron chi connectivity index (χ3n) is 6.36. The lowest BCUT2D eigenvalue weighted by Crippen LogP contribution is -2.66. The topological polar surface area (TPSA) is 64.8 Å². The van der Waals surface area contributed by atoms with E-state index in [0.717, 1.165) is 25.9 Å². The quantitative estimate of drug-likeness (QED) is 0.818. The Hall–Kier alpha value is -0.360. The lowest BCUT2D eigenvalue weighted by atomic mass is 9.54. The van der Waals surface area contributed by atoms with Crippen molar-refractivity contribution in [2.75, 3.05) is 20.2 Å². The van der Waals surface area contributed by atoms with Gasteiger partial charge in [0.1, 0.15) is 6.10 Å². The van der Waals surface area contributed by atoms with E-state index in [1.807, 2.05) is 11.9 Å². The van der Waals surface area contributed by atoms with Gasteiger partial charge >= 0.3 is 0 Å². The first-order valence-electron chi connectivity index (χ1n) is 9.36. The molecule has 2 N–H and O–H groups in total. The van der Waals surface area contributed by atoms with Gasteiger partial charge in [-0.2, -0.15) is 0 Å². The largest absolute Gasteiger partial charge is 0.378 e. The molecule has 2 unspecified atom stereocenters. The molecule has 3 fully saturated rings. The molecule has 2 saturated carbocycles. The summed E-state index contributed by atoms with van der Waals surface area (Å²) in [4.78, 5) is 14.8. The number of nitrogens with zero attached hydrogens (tertiary/aromatic N) is 1. The van der Waals surface area contributed by atoms with Crippen molar-refractivity contribution >= 4 is 18.3 Å². The van der Waals surface area contributed by atoms with Crippen molar-refractivity contribution in [3.63, 3.8) is 0 Å². The second-order valence-corrected chi connectivity index (χ2v) is 7.50. The SMILES string of the molecule is CCOC1CC(N(C)C(=O)[C@@H]2CC[C@H](CN)O2)C12CCCCC2.Cl. The molecule has 24 heavy (non-hydrogen) atoms. The standard InChI is InChI=1S/C18H32N2O3.ClH/c1-3-22-16-11-15(18(16)9-5-4-6-10-18)20(2)17(21)14-8-7-13(12-19)23-14;/h13-16H,3-12,19H2,1-2H3;1H/t13-,14+,15?,16?;/m1./s1. The fraction of sp³-hybridized carbons (Fsp3) is 0.944. The van der Waals surface area contributed by atoms with Crippen LogP contribution in [0.3, 0.4) is 0 Å². The minimum Gasteiger partial charge on any atom is -0.378 e. The number of likely N-dealkylation sites (N-methyl/N-ethyl adjacent to an activating group) is 1. The van der Waals surface area contributed by atoms with Gasteiger partial charge in [0.15, 0.2) is 0 Å². The van der Waals surface area contributed by atoms with Gasteiger partial charge in [0.05, 0.1) is 12.2 Å². The van der Waals surface area contributed by atoms with Gasteiger partial charge in [0.2, 0.25) is 0 Å². The summed E-state index contributed by atoms with van der Waals surface area (Å²) in [6.07, 6.45) is 8.99. The molecular formula is C18H33ClN2O3. The molecule has 1 saturated heterocycles. The maximum Gasteiger partial charge on any atom is 0.251 e. The molecule has 3 rings (SSSR count). The van der Waals surface area contributed by atoms with Gasteiger partial charge in [0.25, 0.3) is 5.91 Å². The number of rotatable bonds is 5. The van der Waals surface area contributed by atoms with E-state index in [1.54, 1.807) is 0 Å². The van der Waals surface area contributed by atoms with Crippen LogP contribution in [-0.2, 0) is 14.3 Å². The van der Waals surface area contributed by atoms with Crippen molar-refractivity contribution in [3.8, 4) is 0 Å². The molecule has 5 nitrogen and oxygen atoms in total. The van der Waals surface area contributed by atoms with Crippen LogP contribution in [0, 0.1) is 5.41 Å². The monoisotopic (exact) mass is 360 g/mol. The van der Waals surface area contributed by atoms with Crippen LogP contribution in [0.1, 0.15) is 58.3 Å². The van der Waals surface area contributed by atoms with Crippen molar-refractivity contribution < 1.29 is 14.3 Å². The lowest BCUT2D eigenvalue weighted by molar-refractivity contribution is -0.189. The summed E-state index contributed by atoms with van der Waals surface area (Å²) in [5, 5.41) is 0. The molecule has 3 aliphatic rings. The molecule has 0 aromatic rings. The predicted octanol–water partition coefficient (Wildman–Crippen LogP) is 2.50. The molecule has 0 aromatic heterocycles. The van der Waals surface area contributed by atoms with Crippen LogP contribution >= 0.6 is 12.4 Å². The van der Waals surface area contributed by atoms with E-state index in [9.17, 15) is 4.79 Å². The van der Waals surface area contributed by atoms with E-state index >= 15 is 0 Å². The van der Waals surface area contributed by atoms with Crippen LogP contribution in [-0.4, -0.2) is 55.4 Å². The van der Waals surface area contributed by atoms with Crippen LogP contribution in [0.5, 0.6) is 0 Å². The summed E-state index contributed by atoms with van der Waals surface area (Å²) in [6, 6.07) is 0.312. The Morgan fingerprint density at radius 2 is 2.00 bits per heavy atom. The van der Waals surface area contributed by atoms with Crippen molar-refractivity contribution in [2.45, 2.75) is 82.6 Å². The zero-order valence-corrected chi connectivity index (χ0v) is 15.9. The summed E-state index contributed by atoms with van der Waals surface area (Å²) in [7, 11) is 1.96. The van der Waals surface area contributed by atoms with Crippen LogP contribution < -0.4 is 5.73 Å². The first-order chi connectivity index (χ1) is 11.1. The van der Waals surface area contributed by atoms with Crippen molar-refractivity contribution in [3.05, 3.63) is 0 Å². The number of carbonyl (C=O) groups excluding carboxylic acids is 1. The zero-order chi connectivity index (χ0) is 16.4. The van der Waals surface area contributed by atoms with Gasteiger partial charge in [-0.3, -0.25) is 4.79 Å². The molecule has 1 aliphatic heterocycles. The highest BCUT2D eigenvalue weighted by atomic mass is 35.5. The fourth-order valence-corrected chi connectivity index (χ4v) is 5.01. The van der Waals surface area contributed by atoms with Crippen molar-refractivity contribution in [1.82, 2.24) is 4.90 Å². The van der Waals surface area contributed by atoms with Gasteiger partial charge < -0.3 is 20.1 Å². The average Bonchev–Trinajstić information content (AvgIpc) is 3.07. The Bertz CT molecular complexity index is 428. The van der Waals surface area contributed by atoms with E-state index in [-0.39, 0.29) is 35.9 Å². The molecular weight excluding hydrogens is 328 g/mol. The van der Waals surface area contributed by atoms with Crippen LogP contribution in [0.25, 0.3) is 0 Å². The van der Waals surface area contributed by atoms with E-state index in [4.69, 9.17) is 15.2 Å². The maximum atomic E-state index is 12.9. The molecule has 0 radical (unpaired) electrons. The van der Waals surface area contributed by atoms with Crippen LogP contribution in [0.2, 0.25) is 0 Å². The van der Waals surface area contributed by atoms with E-state index in [2.05, 4.69) is 6.92 Å². The number of ether oxygens (including phenoxy) is 2. The molecule has 0 aromatic carbocycles. The minimum atomic E-state index is -0.291. The molecule has 1 heterocycles. The summed E-state index contributed by atoms with van der Waals surface area (Å²) in [5.41, 5.74) is 5.85. The summed E-state index contributed by atoms with van der Waals surface area (Å²) in [6.45, 7) is 3.34. The second-order valence-electron chi connectivity index (χ2n) is 7.50. The Morgan fingerprint density at radius 3 is 2.58 bits per heavy atom. The second kappa shape index (κ2) is 8.35. The highest BCUT2D eigenvalue weighted by Gasteiger charge is 2.58. The third-order valence-corrected chi connectivity index (χ3v) is 6.36. The third kappa shape index (κ3) is 3.46. The Morgan fingerprint density at radius 1 is 1.29 bits per heavy atom. The molecule has 1 amide bonds. The van der Waals surface area contributed by atoms with Gasteiger partial charge in [-0.1, -0.05) is 19.3 Å². The van der Waals surface area contributed by atoms with Gasteiger partial charge in [-0.15, -0.1) is 12.4 Å². The minimum absolute atomic E-state index is 0. The Balaban J connectivity index is 0.00000208. The molecule has 4 atom stereocenters. The molecule has 140 valence electrons. The number of hydrogen-bond acceptors (Lipinski definition) is 4. The number of halogens is 1. The average molecular weight is 361 g/mol.